The van der Waals surface area contributed by atoms with Crippen LogP contribution in [0.2, 0.25) is 5.02 Å². The number of thiocarbonyl (C=S) groups is 1. The molecule has 1 aliphatic carbocycles. The number of anilines is 1. The number of carbonyl (C=O) groups excluding carboxylic acids is 1. The fourth-order valence-electron chi connectivity index (χ4n) is 4.96. The minimum Gasteiger partial charge on any atom is -0.493 e. The van der Waals surface area contributed by atoms with Gasteiger partial charge in [-0.05, 0) is 72.4 Å². The van der Waals surface area contributed by atoms with E-state index in [1.54, 1.807) is 25.3 Å². The van der Waals surface area contributed by atoms with Crippen molar-refractivity contribution in [3.8, 4) is 17.2 Å². The maximum atomic E-state index is 13.1. The second-order valence-corrected chi connectivity index (χ2v) is 11.6. The highest BCUT2D eigenvalue weighted by Crippen LogP contribution is 2.40. The number of hydrogen-bond donors (Lipinski definition) is 0. The van der Waals surface area contributed by atoms with E-state index in [1.807, 2.05) is 42.5 Å². The van der Waals surface area contributed by atoms with Crippen molar-refractivity contribution in [2.24, 2.45) is 0 Å². The van der Waals surface area contributed by atoms with E-state index >= 15 is 0 Å². The van der Waals surface area contributed by atoms with Gasteiger partial charge in [0.05, 0.1) is 22.7 Å². The monoisotopic (exact) mass is 579 g/mol. The third kappa shape index (κ3) is 6.60. The Labute approximate surface area is 244 Å². The smallest absolute Gasteiger partial charge is 0.270 e. The molecule has 39 heavy (non-hydrogen) atoms. The van der Waals surface area contributed by atoms with E-state index in [-0.39, 0.29) is 5.91 Å². The molecule has 0 bridgehead atoms. The number of benzene rings is 3. The van der Waals surface area contributed by atoms with Crippen LogP contribution in [0.25, 0.3) is 6.08 Å². The second kappa shape index (κ2) is 12.9. The van der Waals surface area contributed by atoms with Gasteiger partial charge in [-0.3, -0.25) is 9.69 Å². The van der Waals surface area contributed by atoms with Crippen molar-refractivity contribution in [1.82, 2.24) is 0 Å². The molecule has 0 unspecified atom stereocenters. The first-order chi connectivity index (χ1) is 19.0. The maximum Gasteiger partial charge on any atom is 0.270 e. The summed E-state index contributed by atoms with van der Waals surface area (Å²) in [7, 11) is 1.56. The van der Waals surface area contributed by atoms with Gasteiger partial charge in [-0.25, -0.2) is 0 Å². The molecule has 0 radical (unpaired) electrons. The van der Waals surface area contributed by atoms with Crippen molar-refractivity contribution in [3.63, 3.8) is 0 Å². The number of amides is 1. The molecular formula is C31H30ClNO4S2. The van der Waals surface area contributed by atoms with Crippen molar-refractivity contribution < 1.29 is 19.0 Å². The number of nitrogens with zero attached hydrogens (tertiary/aromatic N) is 1. The Kier molecular flexibility index (Phi) is 9.12. The van der Waals surface area contributed by atoms with Gasteiger partial charge in [-0.2, -0.15) is 0 Å². The minimum absolute atomic E-state index is 0.171. The number of halogens is 1. The quantitative estimate of drug-likeness (QED) is 0.144. The van der Waals surface area contributed by atoms with Crippen molar-refractivity contribution in [2.75, 3.05) is 25.2 Å². The Hall–Kier alpha value is -3.00. The van der Waals surface area contributed by atoms with Crippen molar-refractivity contribution in [3.05, 3.63) is 87.8 Å². The Morgan fingerprint density at radius 1 is 1.00 bits per heavy atom. The van der Waals surface area contributed by atoms with E-state index in [1.165, 1.54) is 54.3 Å². The molecule has 1 heterocycles. The average molecular weight is 580 g/mol. The molecule has 0 aromatic heterocycles. The molecule has 8 heteroatoms. The molecule has 0 spiro atoms. The number of carbonyl (C=O) groups is 1. The number of rotatable bonds is 9. The lowest BCUT2D eigenvalue weighted by Gasteiger charge is -2.22. The first kappa shape index (κ1) is 27.6. The zero-order valence-corrected chi connectivity index (χ0v) is 24.1. The predicted molar refractivity (Wildman–Crippen MR) is 163 cm³/mol. The molecule has 2 aliphatic rings. The average Bonchev–Trinajstić information content (AvgIpc) is 3.24. The summed E-state index contributed by atoms with van der Waals surface area (Å²) in [6, 6.07) is 21.3. The standard InChI is InChI=1S/C31H30ClNO4S2/c1-35-27-19-21(20-28-30(34)33(31(38)39-28)24-10-6-3-7-11-24)18-26(32)29(27)37-17-16-36-25-14-12-23(13-15-25)22-8-4-2-5-9-22/h3,6-7,10-15,18-20,22H,2,4-5,8-9,16-17H2,1H3. The summed E-state index contributed by atoms with van der Waals surface area (Å²) in [5.41, 5.74) is 2.86. The van der Waals surface area contributed by atoms with E-state index in [9.17, 15) is 4.79 Å². The fourth-order valence-corrected chi connectivity index (χ4v) is 6.53. The van der Waals surface area contributed by atoms with Crippen LogP contribution in [0.5, 0.6) is 17.2 Å². The van der Waals surface area contributed by atoms with E-state index in [4.69, 9.17) is 38.0 Å². The number of methoxy groups -OCH3 is 1. The van der Waals surface area contributed by atoms with Gasteiger partial charge in [0.2, 0.25) is 0 Å². The van der Waals surface area contributed by atoms with Gasteiger partial charge in [0.15, 0.2) is 15.8 Å². The highest BCUT2D eigenvalue weighted by molar-refractivity contribution is 8.27. The lowest BCUT2D eigenvalue weighted by molar-refractivity contribution is -0.113. The first-order valence-electron chi connectivity index (χ1n) is 13.1. The van der Waals surface area contributed by atoms with Gasteiger partial charge >= 0.3 is 0 Å². The van der Waals surface area contributed by atoms with Gasteiger partial charge in [-0.1, -0.05) is 85.2 Å². The largest absolute Gasteiger partial charge is 0.493 e. The van der Waals surface area contributed by atoms with E-state index in [2.05, 4.69) is 12.1 Å². The Bertz CT molecular complexity index is 1360. The molecule has 3 aromatic rings. The Balaban J connectivity index is 1.20. The van der Waals surface area contributed by atoms with Crippen LogP contribution in [0.1, 0.15) is 49.1 Å². The van der Waals surface area contributed by atoms with Crippen LogP contribution in [0, 0.1) is 0 Å². The summed E-state index contributed by atoms with van der Waals surface area (Å²) < 4.78 is 17.9. The molecule has 5 rings (SSSR count). The van der Waals surface area contributed by atoms with Crippen LogP contribution < -0.4 is 19.1 Å². The zero-order chi connectivity index (χ0) is 27.2. The summed E-state index contributed by atoms with van der Waals surface area (Å²) in [5.74, 6) is 2.23. The van der Waals surface area contributed by atoms with Gasteiger partial charge < -0.3 is 14.2 Å². The van der Waals surface area contributed by atoms with Crippen LogP contribution >= 0.6 is 35.6 Å². The van der Waals surface area contributed by atoms with Crippen LogP contribution in [-0.2, 0) is 4.79 Å². The Morgan fingerprint density at radius 2 is 1.72 bits per heavy atom. The summed E-state index contributed by atoms with van der Waals surface area (Å²) >= 11 is 13.3. The SMILES string of the molecule is COc1cc(C=C2SC(=S)N(c3ccccc3)C2=O)cc(Cl)c1OCCOc1ccc(C2CCCCC2)cc1. The van der Waals surface area contributed by atoms with Gasteiger partial charge in [0, 0.05) is 0 Å². The Morgan fingerprint density at radius 3 is 2.44 bits per heavy atom. The molecule has 1 saturated heterocycles. The van der Waals surface area contributed by atoms with Crippen molar-refractivity contribution >= 4 is 57.6 Å². The molecule has 202 valence electrons. The molecular weight excluding hydrogens is 550 g/mol. The summed E-state index contributed by atoms with van der Waals surface area (Å²) in [6.45, 7) is 0.668. The molecule has 0 N–H and O–H groups in total. The highest BCUT2D eigenvalue weighted by Gasteiger charge is 2.33. The van der Waals surface area contributed by atoms with E-state index < -0.39 is 0 Å². The van der Waals surface area contributed by atoms with Crippen LogP contribution in [0.4, 0.5) is 5.69 Å². The third-order valence-corrected chi connectivity index (χ3v) is 8.50. The number of hydrogen-bond acceptors (Lipinski definition) is 6. The molecule has 1 saturated carbocycles. The van der Waals surface area contributed by atoms with Crippen LogP contribution in [-0.4, -0.2) is 30.6 Å². The molecule has 0 atom stereocenters. The molecule has 2 fully saturated rings. The lowest BCUT2D eigenvalue weighted by Crippen LogP contribution is -2.27. The van der Waals surface area contributed by atoms with E-state index in [0.29, 0.717) is 50.4 Å². The highest BCUT2D eigenvalue weighted by atomic mass is 35.5. The van der Waals surface area contributed by atoms with Crippen molar-refractivity contribution in [2.45, 2.75) is 38.0 Å². The zero-order valence-electron chi connectivity index (χ0n) is 21.7. The number of ether oxygens (including phenoxy) is 3. The van der Waals surface area contributed by atoms with Gasteiger partial charge in [0.1, 0.15) is 19.0 Å². The topological polar surface area (TPSA) is 48.0 Å². The van der Waals surface area contributed by atoms with Gasteiger partial charge in [-0.15, -0.1) is 0 Å². The summed E-state index contributed by atoms with van der Waals surface area (Å²) in [5, 5.41) is 0.385. The van der Waals surface area contributed by atoms with Crippen LogP contribution in [0.3, 0.4) is 0 Å². The number of para-hydroxylation sites is 1. The second-order valence-electron chi connectivity index (χ2n) is 9.49. The van der Waals surface area contributed by atoms with Crippen LogP contribution in [0.15, 0.2) is 71.6 Å². The maximum absolute atomic E-state index is 13.1. The lowest BCUT2D eigenvalue weighted by atomic mass is 9.84. The van der Waals surface area contributed by atoms with E-state index in [0.717, 1.165) is 11.4 Å². The third-order valence-electron chi connectivity index (χ3n) is 6.91. The van der Waals surface area contributed by atoms with Gasteiger partial charge in [0.25, 0.3) is 5.91 Å². The summed E-state index contributed by atoms with van der Waals surface area (Å²) in [4.78, 5) is 15.1. The predicted octanol–water partition coefficient (Wildman–Crippen LogP) is 8.26. The molecule has 5 nitrogen and oxygen atoms in total. The molecule has 1 amide bonds. The van der Waals surface area contributed by atoms with Crippen molar-refractivity contribution in [1.29, 1.82) is 0 Å². The number of thioether (sulfide) groups is 1. The molecule has 1 aliphatic heterocycles. The minimum atomic E-state index is -0.171. The first-order valence-corrected chi connectivity index (χ1v) is 14.7. The fraction of sp³-hybridized carbons (Fsp3) is 0.290. The molecule has 3 aromatic carbocycles. The normalized spacial score (nSPS) is 17.1. The summed E-state index contributed by atoms with van der Waals surface area (Å²) in [6.07, 6.45) is 8.32.